The second kappa shape index (κ2) is 6.22. The lowest BCUT2D eigenvalue weighted by Gasteiger charge is -2.13. The molecule has 0 aliphatic carbocycles. The normalized spacial score (nSPS) is 12.4. The number of benzene rings is 2. The molecule has 2 aromatic rings. The van der Waals surface area contributed by atoms with Gasteiger partial charge in [-0.3, -0.25) is 0 Å². The van der Waals surface area contributed by atoms with E-state index in [0.29, 0.717) is 17.0 Å². The molecular formula is C14H10Cl2FI. The lowest BCUT2D eigenvalue weighted by atomic mass is 10.0. The molecule has 0 bridgehead atoms. The first-order chi connectivity index (χ1) is 8.59. The maximum atomic E-state index is 13.7. The van der Waals surface area contributed by atoms with Crippen molar-refractivity contribution in [2.24, 2.45) is 0 Å². The number of hydrogen-bond donors (Lipinski definition) is 0. The van der Waals surface area contributed by atoms with Gasteiger partial charge in [0, 0.05) is 14.2 Å². The highest BCUT2D eigenvalue weighted by molar-refractivity contribution is 14.1. The maximum Gasteiger partial charge on any atom is 0.127 e. The molecule has 0 aliphatic heterocycles. The Labute approximate surface area is 129 Å². The number of alkyl halides is 1. The highest BCUT2D eigenvalue weighted by Gasteiger charge is 2.16. The second-order valence-corrected chi connectivity index (χ2v) is 5.99. The average Bonchev–Trinajstić information content (AvgIpc) is 2.34. The first-order valence-corrected chi connectivity index (χ1v) is 7.30. The van der Waals surface area contributed by atoms with Crippen LogP contribution in [0.25, 0.3) is 0 Å². The van der Waals surface area contributed by atoms with Gasteiger partial charge >= 0.3 is 0 Å². The minimum atomic E-state index is -0.306. The summed E-state index contributed by atoms with van der Waals surface area (Å²) in [5.41, 5.74) is 1.47. The van der Waals surface area contributed by atoms with Crippen molar-refractivity contribution in [3.63, 3.8) is 0 Å². The molecule has 0 spiro atoms. The van der Waals surface area contributed by atoms with Crippen molar-refractivity contribution in [2.75, 3.05) is 0 Å². The van der Waals surface area contributed by atoms with Crippen molar-refractivity contribution < 1.29 is 4.39 Å². The van der Waals surface area contributed by atoms with Gasteiger partial charge in [-0.05, 0) is 52.8 Å². The van der Waals surface area contributed by atoms with E-state index in [1.807, 2.05) is 24.3 Å². The zero-order valence-electron chi connectivity index (χ0n) is 9.34. The van der Waals surface area contributed by atoms with Gasteiger partial charge in [0.15, 0.2) is 0 Å². The largest absolute Gasteiger partial charge is 0.207 e. The smallest absolute Gasteiger partial charge is 0.127 e. The molecule has 0 saturated heterocycles. The van der Waals surface area contributed by atoms with Gasteiger partial charge in [0.1, 0.15) is 5.82 Å². The average molecular weight is 395 g/mol. The molecule has 0 aliphatic rings. The molecule has 0 aromatic heterocycles. The lowest BCUT2D eigenvalue weighted by molar-refractivity contribution is 0.607. The van der Waals surface area contributed by atoms with E-state index < -0.39 is 0 Å². The molecule has 0 fully saturated rings. The van der Waals surface area contributed by atoms with Crippen molar-refractivity contribution in [2.45, 2.75) is 11.8 Å². The highest BCUT2D eigenvalue weighted by atomic mass is 127. The van der Waals surface area contributed by atoms with E-state index >= 15 is 0 Å². The Kier molecular flexibility index (Phi) is 4.87. The van der Waals surface area contributed by atoms with Gasteiger partial charge in [-0.1, -0.05) is 35.9 Å². The van der Waals surface area contributed by atoms with Gasteiger partial charge in [-0.25, -0.2) is 4.39 Å². The van der Waals surface area contributed by atoms with Crippen LogP contribution in [0.4, 0.5) is 4.39 Å². The summed E-state index contributed by atoms with van der Waals surface area (Å²) in [6.07, 6.45) is 0.382. The molecular weight excluding hydrogens is 385 g/mol. The van der Waals surface area contributed by atoms with Crippen LogP contribution < -0.4 is 0 Å². The minimum Gasteiger partial charge on any atom is -0.207 e. The molecule has 0 radical (unpaired) electrons. The molecule has 0 nitrogen and oxygen atoms in total. The number of rotatable bonds is 3. The van der Waals surface area contributed by atoms with Crippen LogP contribution in [0.1, 0.15) is 16.5 Å². The third-order valence-corrected chi connectivity index (χ3v) is 4.41. The predicted molar refractivity (Wildman–Crippen MR) is 82.9 cm³/mol. The topological polar surface area (TPSA) is 0 Å². The summed E-state index contributed by atoms with van der Waals surface area (Å²) in [4.78, 5) is 0. The number of halogens is 4. The van der Waals surface area contributed by atoms with Crippen molar-refractivity contribution in [1.29, 1.82) is 0 Å². The van der Waals surface area contributed by atoms with Crippen LogP contribution in [0.15, 0.2) is 42.5 Å². The molecule has 0 amide bonds. The van der Waals surface area contributed by atoms with Gasteiger partial charge in [0.05, 0.1) is 5.38 Å². The lowest BCUT2D eigenvalue weighted by Crippen LogP contribution is -2.01. The van der Waals surface area contributed by atoms with E-state index in [0.717, 1.165) is 9.13 Å². The van der Waals surface area contributed by atoms with Crippen molar-refractivity contribution in [3.8, 4) is 0 Å². The first kappa shape index (κ1) is 14.1. The first-order valence-electron chi connectivity index (χ1n) is 5.41. The summed E-state index contributed by atoms with van der Waals surface area (Å²) in [6.45, 7) is 0. The Morgan fingerprint density at radius 1 is 1.11 bits per heavy atom. The molecule has 0 N–H and O–H groups in total. The van der Waals surface area contributed by atoms with Crippen LogP contribution in [0.2, 0.25) is 5.02 Å². The van der Waals surface area contributed by atoms with Gasteiger partial charge in [0.25, 0.3) is 0 Å². The van der Waals surface area contributed by atoms with Crippen LogP contribution >= 0.6 is 45.8 Å². The molecule has 2 aromatic carbocycles. The standard InChI is InChI=1S/C14H10Cl2FI/c15-11-5-3-6-13(17)10(11)8-12(16)9-4-1-2-7-14(9)18/h1-7,12H,8H2. The third-order valence-electron chi connectivity index (χ3n) is 2.69. The summed E-state index contributed by atoms with van der Waals surface area (Å²) in [7, 11) is 0. The fourth-order valence-corrected chi connectivity index (χ4v) is 3.28. The molecule has 0 saturated carbocycles. The van der Waals surface area contributed by atoms with Crippen molar-refractivity contribution in [1.82, 2.24) is 0 Å². The van der Waals surface area contributed by atoms with E-state index in [4.69, 9.17) is 23.2 Å². The zero-order chi connectivity index (χ0) is 13.1. The van der Waals surface area contributed by atoms with Crippen molar-refractivity contribution in [3.05, 3.63) is 68.0 Å². The maximum absolute atomic E-state index is 13.7. The van der Waals surface area contributed by atoms with E-state index in [1.54, 1.807) is 12.1 Å². The Morgan fingerprint density at radius 2 is 1.83 bits per heavy atom. The summed E-state index contributed by atoms with van der Waals surface area (Å²) < 4.78 is 14.8. The van der Waals surface area contributed by atoms with Gasteiger partial charge in [0.2, 0.25) is 0 Å². The Bertz CT molecular complexity index is 537. The fraction of sp³-hybridized carbons (Fsp3) is 0.143. The second-order valence-electron chi connectivity index (χ2n) is 3.89. The van der Waals surface area contributed by atoms with Crippen LogP contribution in [0.3, 0.4) is 0 Å². The zero-order valence-corrected chi connectivity index (χ0v) is 13.0. The molecule has 1 atom stereocenters. The quantitative estimate of drug-likeness (QED) is 0.469. The van der Waals surface area contributed by atoms with Gasteiger partial charge in [-0.15, -0.1) is 11.6 Å². The summed E-state index contributed by atoms with van der Waals surface area (Å²) in [5, 5.41) is 0.138. The van der Waals surface area contributed by atoms with Crippen LogP contribution in [-0.2, 0) is 6.42 Å². The summed E-state index contributed by atoms with van der Waals surface area (Å²) >= 11 is 14.6. The fourth-order valence-electron chi connectivity index (χ4n) is 1.75. The third kappa shape index (κ3) is 3.16. The Morgan fingerprint density at radius 3 is 2.50 bits per heavy atom. The van der Waals surface area contributed by atoms with Crippen molar-refractivity contribution >= 4 is 45.8 Å². The van der Waals surface area contributed by atoms with Crippen LogP contribution in [0, 0.1) is 9.39 Å². The monoisotopic (exact) mass is 394 g/mol. The summed E-state index contributed by atoms with van der Waals surface area (Å²) in [5.74, 6) is -0.306. The Hall–Kier alpha value is -0.320. The van der Waals surface area contributed by atoms with Crippen LogP contribution in [0.5, 0.6) is 0 Å². The molecule has 2 rings (SSSR count). The minimum absolute atomic E-state index is 0.285. The predicted octanol–water partition coefficient (Wildman–Crippen LogP) is 5.61. The van der Waals surface area contributed by atoms with E-state index in [-0.39, 0.29) is 11.2 Å². The van der Waals surface area contributed by atoms with E-state index in [9.17, 15) is 4.39 Å². The molecule has 4 heteroatoms. The summed E-state index contributed by atoms with van der Waals surface area (Å²) in [6, 6.07) is 12.5. The molecule has 1 unspecified atom stereocenters. The molecule has 0 heterocycles. The van der Waals surface area contributed by atoms with Crippen LogP contribution in [-0.4, -0.2) is 0 Å². The Balaban J connectivity index is 2.27. The SMILES string of the molecule is Fc1cccc(Cl)c1CC(Cl)c1ccccc1I. The number of hydrogen-bond acceptors (Lipinski definition) is 0. The molecule has 18 heavy (non-hydrogen) atoms. The highest BCUT2D eigenvalue weighted by Crippen LogP contribution is 2.31. The van der Waals surface area contributed by atoms with E-state index in [1.165, 1.54) is 6.07 Å². The molecule has 94 valence electrons. The van der Waals surface area contributed by atoms with Gasteiger partial charge in [-0.2, -0.15) is 0 Å². The van der Waals surface area contributed by atoms with Gasteiger partial charge < -0.3 is 0 Å². The van der Waals surface area contributed by atoms with E-state index in [2.05, 4.69) is 22.6 Å².